The van der Waals surface area contributed by atoms with E-state index in [4.69, 9.17) is 4.74 Å². The van der Waals surface area contributed by atoms with Gasteiger partial charge in [0.25, 0.3) is 0 Å². The predicted octanol–water partition coefficient (Wildman–Crippen LogP) is 4.39. The maximum absolute atomic E-state index is 5.79. The standard InChI is InChI=1S/C18H20BrNO/c1-11-4-6-16(19)15(8-11)18(20-3)13-5-7-17-14(10-13)9-12(2)21-17/h4-8,10,12,18,20H,9H2,1-3H3. The normalized spacial score (nSPS) is 18.2. The molecule has 0 amide bonds. The first-order valence-electron chi connectivity index (χ1n) is 7.31. The van der Waals surface area contributed by atoms with Crippen LogP contribution >= 0.6 is 15.9 Å². The summed E-state index contributed by atoms with van der Waals surface area (Å²) in [6, 6.07) is 13.2. The number of hydrogen-bond acceptors (Lipinski definition) is 2. The van der Waals surface area contributed by atoms with Gasteiger partial charge in [-0.05, 0) is 49.7 Å². The highest BCUT2D eigenvalue weighted by molar-refractivity contribution is 9.10. The molecule has 1 heterocycles. The van der Waals surface area contributed by atoms with Gasteiger partial charge >= 0.3 is 0 Å². The molecule has 2 aromatic rings. The van der Waals surface area contributed by atoms with Gasteiger partial charge in [-0.15, -0.1) is 0 Å². The smallest absolute Gasteiger partial charge is 0.123 e. The third-order valence-electron chi connectivity index (χ3n) is 4.00. The summed E-state index contributed by atoms with van der Waals surface area (Å²) in [5.41, 5.74) is 5.13. The lowest BCUT2D eigenvalue weighted by atomic mass is 9.95. The van der Waals surface area contributed by atoms with Crippen LogP contribution in [0.3, 0.4) is 0 Å². The van der Waals surface area contributed by atoms with Crippen LogP contribution in [0.25, 0.3) is 0 Å². The van der Waals surface area contributed by atoms with Crippen LogP contribution in [0, 0.1) is 6.92 Å². The van der Waals surface area contributed by atoms with Gasteiger partial charge in [0.15, 0.2) is 0 Å². The summed E-state index contributed by atoms with van der Waals surface area (Å²) in [6.07, 6.45) is 1.28. The van der Waals surface area contributed by atoms with Crippen LogP contribution in [0.4, 0.5) is 0 Å². The average Bonchev–Trinajstić information content (AvgIpc) is 2.83. The molecule has 3 rings (SSSR count). The summed E-state index contributed by atoms with van der Waals surface area (Å²) in [7, 11) is 2.01. The number of fused-ring (bicyclic) bond motifs is 1. The predicted molar refractivity (Wildman–Crippen MR) is 90.0 cm³/mol. The summed E-state index contributed by atoms with van der Waals surface area (Å²) in [5, 5.41) is 3.43. The van der Waals surface area contributed by atoms with E-state index in [0.29, 0.717) is 0 Å². The zero-order chi connectivity index (χ0) is 15.0. The molecule has 110 valence electrons. The molecule has 2 nitrogen and oxygen atoms in total. The largest absolute Gasteiger partial charge is 0.490 e. The van der Waals surface area contributed by atoms with Crippen molar-refractivity contribution in [3.8, 4) is 5.75 Å². The summed E-state index contributed by atoms with van der Waals surface area (Å²) < 4.78 is 6.93. The second-order valence-corrected chi connectivity index (χ2v) is 6.60. The van der Waals surface area contributed by atoms with Gasteiger partial charge in [0.05, 0.1) is 6.04 Å². The van der Waals surface area contributed by atoms with Crippen molar-refractivity contribution in [3.05, 3.63) is 63.1 Å². The Hall–Kier alpha value is -1.32. The lowest BCUT2D eigenvalue weighted by Gasteiger charge is -2.20. The van der Waals surface area contributed by atoms with Crippen molar-refractivity contribution >= 4 is 15.9 Å². The highest BCUT2D eigenvalue weighted by atomic mass is 79.9. The third-order valence-corrected chi connectivity index (χ3v) is 4.73. The zero-order valence-corrected chi connectivity index (χ0v) is 14.2. The first-order chi connectivity index (χ1) is 10.1. The second kappa shape index (κ2) is 5.82. The Morgan fingerprint density at radius 1 is 1.24 bits per heavy atom. The van der Waals surface area contributed by atoms with Gasteiger partial charge in [-0.25, -0.2) is 0 Å². The van der Waals surface area contributed by atoms with Crippen LogP contribution in [0.15, 0.2) is 40.9 Å². The van der Waals surface area contributed by atoms with Gasteiger partial charge in [-0.1, -0.05) is 45.8 Å². The zero-order valence-electron chi connectivity index (χ0n) is 12.6. The summed E-state index contributed by atoms with van der Waals surface area (Å²) in [4.78, 5) is 0. The molecule has 0 radical (unpaired) electrons. The minimum atomic E-state index is 0.181. The van der Waals surface area contributed by atoms with Gasteiger partial charge in [-0.2, -0.15) is 0 Å². The Kier molecular flexibility index (Phi) is 4.05. The maximum atomic E-state index is 5.79. The lowest BCUT2D eigenvalue weighted by Crippen LogP contribution is -2.18. The molecule has 0 aliphatic carbocycles. The minimum Gasteiger partial charge on any atom is -0.490 e. The number of hydrogen-bond donors (Lipinski definition) is 1. The number of ether oxygens (including phenoxy) is 1. The molecule has 2 unspecified atom stereocenters. The number of halogens is 1. The van der Waals surface area contributed by atoms with E-state index in [9.17, 15) is 0 Å². The fourth-order valence-corrected chi connectivity index (χ4v) is 3.48. The molecule has 2 aromatic carbocycles. The van der Waals surface area contributed by atoms with Crippen molar-refractivity contribution in [2.45, 2.75) is 32.4 Å². The van der Waals surface area contributed by atoms with Gasteiger partial charge < -0.3 is 10.1 Å². The van der Waals surface area contributed by atoms with Gasteiger partial charge in [0.2, 0.25) is 0 Å². The van der Waals surface area contributed by atoms with Crippen molar-refractivity contribution in [1.82, 2.24) is 5.32 Å². The van der Waals surface area contributed by atoms with E-state index in [1.54, 1.807) is 0 Å². The molecule has 2 atom stereocenters. The molecule has 0 saturated carbocycles. The number of aryl methyl sites for hydroxylation is 1. The topological polar surface area (TPSA) is 21.3 Å². The molecule has 1 N–H and O–H groups in total. The number of nitrogens with one attached hydrogen (secondary N) is 1. The van der Waals surface area contributed by atoms with Crippen LogP contribution in [0.1, 0.15) is 35.2 Å². The van der Waals surface area contributed by atoms with E-state index in [-0.39, 0.29) is 12.1 Å². The van der Waals surface area contributed by atoms with Crippen LogP contribution in [-0.2, 0) is 6.42 Å². The van der Waals surface area contributed by atoms with E-state index in [2.05, 4.69) is 71.5 Å². The summed E-state index contributed by atoms with van der Waals surface area (Å²) in [5.74, 6) is 1.03. The van der Waals surface area contributed by atoms with Crippen LogP contribution in [-0.4, -0.2) is 13.2 Å². The first-order valence-corrected chi connectivity index (χ1v) is 8.10. The molecule has 0 fully saturated rings. The van der Waals surface area contributed by atoms with Crippen LogP contribution in [0.5, 0.6) is 5.75 Å². The van der Waals surface area contributed by atoms with Crippen LogP contribution < -0.4 is 10.1 Å². The molecular formula is C18H20BrNO. The van der Waals surface area contributed by atoms with E-state index < -0.39 is 0 Å². The first kappa shape index (κ1) is 14.6. The van der Waals surface area contributed by atoms with Crippen molar-refractivity contribution in [2.75, 3.05) is 7.05 Å². The SMILES string of the molecule is CNC(c1ccc2c(c1)CC(C)O2)c1cc(C)ccc1Br. The Balaban J connectivity index is 2.01. The highest BCUT2D eigenvalue weighted by Crippen LogP contribution is 2.34. The Labute approximate surface area is 134 Å². The van der Waals surface area contributed by atoms with Gasteiger partial charge in [-0.3, -0.25) is 0 Å². The van der Waals surface area contributed by atoms with Crippen molar-refractivity contribution in [3.63, 3.8) is 0 Å². The molecule has 0 saturated heterocycles. The molecule has 1 aliphatic heterocycles. The van der Waals surface area contributed by atoms with E-state index in [1.807, 2.05) is 7.05 Å². The molecular weight excluding hydrogens is 326 g/mol. The second-order valence-electron chi connectivity index (χ2n) is 5.75. The quantitative estimate of drug-likeness (QED) is 0.890. The van der Waals surface area contributed by atoms with Gasteiger partial charge in [0.1, 0.15) is 11.9 Å². The Morgan fingerprint density at radius 2 is 2.05 bits per heavy atom. The lowest BCUT2D eigenvalue weighted by molar-refractivity contribution is 0.254. The van der Waals surface area contributed by atoms with Crippen LogP contribution in [0.2, 0.25) is 0 Å². The fourth-order valence-electron chi connectivity index (χ4n) is 3.01. The summed E-state index contributed by atoms with van der Waals surface area (Å²) in [6.45, 7) is 4.24. The maximum Gasteiger partial charge on any atom is 0.123 e. The van der Waals surface area contributed by atoms with Crippen molar-refractivity contribution in [1.29, 1.82) is 0 Å². The minimum absolute atomic E-state index is 0.181. The van der Waals surface area contributed by atoms with Gasteiger partial charge in [0, 0.05) is 10.9 Å². The number of rotatable bonds is 3. The van der Waals surface area contributed by atoms with E-state index >= 15 is 0 Å². The van der Waals surface area contributed by atoms with E-state index in [0.717, 1.165) is 16.6 Å². The van der Waals surface area contributed by atoms with Crippen molar-refractivity contribution < 1.29 is 4.74 Å². The summed E-state index contributed by atoms with van der Waals surface area (Å²) >= 11 is 3.68. The molecule has 21 heavy (non-hydrogen) atoms. The Bertz CT molecular complexity index is 668. The number of benzene rings is 2. The highest BCUT2D eigenvalue weighted by Gasteiger charge is 2.22. The van der Waals surface area contributed by atoms with E-state index in [1.165, 1.54) is 22.3 Å². The van der Waals surface area contributed by atoms with Crippen molar-refractivity contribution in [2.24, 2.45) is 0 Å². The molecule has 1 aliphatic rings. The fraction of sp³-hybridized carbons (Fsp3) is 0.333. The molecule has 0 bridgehead atoms. The monoisotopic (exact) mass is 345 g/mol. The Morgan fingerprint density at radius 3 is 2.81 bits per heavy atom. The average molecular weight is 346 g/mol. The third kappa shape index (κ3) is 2.85. The molecule has 0 spiro atoms. The molecule has 3 heteroatoms. The molecule has 0 aromatic heterocycles.